The van der Waals surface area contributed by atoms with E-state index in [1.165, 1.54) is 23.1 Å². The Hall–Kier alpha value is -2.12. The molecular weight excluding hydrogens is 328 g/mol. The molecule has 7 heteroatoms. The van der Waals surface area contributed by atoms with Gasteiger partial charge in [-0.15, -0.1) is 0 Å². The van der Waals surface area contributed by atoms with Crippen LogP contribution in [0.3, 0.4) is 0 Å². The lowest BCUT2D eigenvalue weighted by Crippen LogP contribution is -2.26. The fourth-order valence-electron chi connectivity index (χ4n) is 2.73. The topological polar surface area (TPSA) is 93.6 Å². The number of rotatable bonds is 5. The molecule has 0 aliphatic heterocycles. The summed E-state index contributed by atoms with van der Waals surface area (Å²) < 4.78 is 28.6. The lowest BCUT2D eigenvalue weighted by molar-refractivity contribution is 0.0774. The van der Waals surface area contributed by atoms with Crippen LogP contribution in [0.1, 0.15) is 41.1 Å². The number of nitrogens with two attached hydrogens (primary N) is 1. The second-order valence-corrected chi connectivity index (χ2v) is 7.92. The van der Waals surface area contributed by atoms with Crippen LogP contribution in [0, 0.1) is 5.92 Å². The number of furan rings is 1. The van der Waals surface area contributed by atoms with Crippen molar-refractivity contribution in [2.45, 2.75) is 30.7 Å². The summed E-state index contributed by atoms with van der Waals surface area (Å²) in [4.78, 5) is 13.9. The molecule has 1 aliphatic rings. The van der Waals surface area contributed by atoms with Gasteiger partial charge in [-0.1, -0.05) is 13.0 Å². The summed E-state index contributed by atoms with van der Waals surface area (Å²) >= 11 is 0. The van der Waals surface area contributed by atoms with Crippen LogP contribution in [0.15, 0.2) is 45.7 Å². The van der Waals surface area contributed by atoms with Crippen molar-refractivity contribution in [2.75, 3.05) is 7.05 Å². The van der Waals surface area contributed by atoms with Crippen molar-refractivity contribution in [3.63, 3.8) is 0 Å². The number of nitrogens with zero attached hydrogens (tertiary/aromatic N) is 1. The molecule has 6 nitrogen and oxygen atoms in total. The third-order valence-corrected chi connectivity index (χ3v) is 5.22. The second-order valence-electron chi connectivity index (χ2n) is 6.36. The first-order chi connectivity index (χ1) is 11.3. The van der Waals surface area contributed by atoms with Crippen LogP contribution in [0.4, 0.5) is 0 Å². The number of primary sulfonamides is 1. The highest BCUT2D eigenvalue weighted by Crippen LogP contribution is 2.47. The lowest BCUT2D eigenvalue weighted by Gasteiger charge is -2.16. The molecule has 1 fully saturated rings. The number of carbonyl (C=O) groups excluding carboxylic acids is 1. The highest BCUT2D eigenvalue weighted by Gasteiger charge is 2.36. The molecule has 0 unspecified atom stereocenters. The molecule has 1 amide bonds. The summed E-state index contributed by atoms with van der Waals surface area (Å²) in [5.41, 5.74) is 0.270. The number of carbonyl (C=O) groups is 1. The number of hydrogen-bond donors (Lipinski definition) is 1. The van der Waals surface area contributed by atoms with Gasteiger partial charge in [0.05, 0.1) is 11.4 Å². The Labute approximate surface area is 141 Å². The van der Waals surface area contributed by atoms with Gasteiger partial charge >= 0.3 is 0 Å². The molecule has 2 atom stereocenters. The largest absolute Gasteiger partial charge is 0.464 e. The molecule has 1 heterocycles. The normalized spacial score (nSPS) is 20.0. The van der Waals surface area contributed by atoms with E-state index in [1.54, 1.807) is 13.1 Å². The average molecular weight is 348 g/mol. The quantitative estimate of drug-likeness (QED) is 0.897. The first kappa shape index (κ1) is 16.7. The zero-order chi connectivity index (χ0) is 17.5. The summed E-state index contributed by atoms with van der Waals surface area (Å²) in [6, 6.07) is 9.55. The first-order valence-electron chi connectivity index (χ1n) is 7.72. The van der Waals surface area contributed by atoms with Gasteiger partial charge in [0.2, 0.25) is 10.0 Å². The molecule has 24 heavy (non-hydrogen) atoms. The number of sulfonamides is 1. The van der Waals surface area contributed by atoms with Crippen LogP contribution in [-0.2, 0) is 16.6 Å². The van der Waals surface area contributed by atoms with Crippen LogP contribution < -0.4 is 5.14 Å². The number of hydrogen-bond acceptors (Lipinski definition) is 4. The number of benzene rings is 1. The maximum atomic E-state index is 12.5. The Morgan fingerprint density at radius 1 is 1.33 bits per heavy atom. The Balaban J connectivity index is 1.72. The highest BCUT2D eigenvalue weighted by atomic mass is 32.2. The van der Waals surface area contributed by atoms with Crippen molar-refractivity contribution in [2.24, 2.45) is 11.1 Å². The van der Waals surface area contributed by atoms with Crippen molar-refractivity contribution in [1.29, 1.82) is 0 Å². The average Bonchev–Trinajstić information content (AvgIpc) is 3.08. The molecule has 0 saturated heterocycles. The van der Waals surface area contributed by atoms with E-state index in [4.69, 9.17) is 9.56 Å². The minimum absolute atomic E-state index is 0.0789. The molecule has 2 aromatic rings. The maximum Gasteiger partial charge on any atom is 0.254 e. The Kier molecular flexibility index (Phi) is 4.23. The fourth-order valence-corrected chi connectivity index (χ4v) is 3.29. The molecule has 1 aromatic carbocycles. The Morgan fingerprint density at radius 3 is 2.67 bits per heavy atom. The number of amides is 1. The summed E-state index contributed by atoms with van der Waals surface area (Å²) in [6.07, 6.45) is 1.14. The predicted octanol–water partition coefficient (Wildman–Crippen LogP) is 2.32. The minimum atomic E-state index is -3.84. The van der Waals surface area contributed by atoms with Crippen molar-refractivity contribution < 1.29 is 17.6 Å². The first-order valence-corrected chi connectivity index (χ1v) is 9.27. The van der Waals surface area contributed by atoms with E-state index < -0.39 is 10.0 Å². The Morgan fingerprint density at radius 2 is 2.04 bits per heavy atom. The Bertz CT molecular complexity index is 872. The van der Waals surface area contributed by atoms with Crippen molar-refractivity contribution in [3.8, 4) is 0 Å². The van der Waals surface area contributed by atoms with E-state index >= 15 is 0 Å². The highest BCUT2D eigenvalue weighted by molar-refractivity contribution is 7.89. The van der Waals surface area contributed by atoms with Crippen LogP contribution in [0.5, 0.6) is 0 Å². The van der Waals surface area contributed by atoms with E-state index in [-0.39, 0.29) is 16.4 Å². The van der Waals surface area contributed by atoms with Gasteiger partial charge in [0.1, 0.15) is 11.5 Å². The van der Waals surface area contributed by atoms with Gasteiger partial charge in [0, 0.05) is 18.5 Å². The van der Waals surface area contributed by atoms with Crippen LogP contribution >= 0.6 is 0 Å². The zero-order valence-electron chi connectivity index (χ0n) is 13.6. The van der Waals surface area contributed by atoms with E-state index in [2.05, 4.69) is 6.92 Å². The minimum Gasteiger partial charge on any atom is -0.464 e. The van der Waals surface area contributed by atoms with Crippen LogP contribution in [0.2, 0.25) is 0 Å². The molecule has 1 aliphatic carbocycles. The fraction of sp³-hybridized carbons (Fsp3) is 0.353. The van der Waals surface area contributed by atoms with Crippen LogP contribution in [0.25, 0.3) is 0 Å². The summed E-state index contributed by atoms with van der Waals surface area (Å²) in [5, 5.41) is 5.11. The molecule has 1 aromatic heterocycles. The van der Waals surface area contributed by atoms with Crippen molar-refractivity contribution in [1.82, 2.24) is 4.90 Å². The van der Waals surface area contributed by atoms with E-state index in [0.29, 0.717) is 24.1 Å². The van der Waals surface area contributed by atoms with Gasteiger partial charge in [-0.3, -0.25) is 4.79 Å². The molecule has 0 bridgehead atoms. The van der Waals surface area contributed by atoms with Gasteiger partial charge in [0.25, 0.3) is 5.91 Å². The van der Waals surface area contributed by atoms with E-state index in [1.807, 2.05) is 12.1 Å². The second kappa shape index (κ2) is 6.07. The summed E-state index contributed by atoms with van der Waals surface area (Å²) in [7, 11) is -2.19. The third-order valence-electron chi connectivity index (χ3n) is 4.31. The van der Waals surface area contributed by atoms with E-state index in [9.17, 15) is 13.2 Å². The van der Waals surface area contributed by atoms with Crippen LogP contribution in [-0.4, -0.2) is 26.3 Å². The molecule has 1 saturated carbocycles. The molecule has 2 N–H and O–H groups in total. The van der Waals surface area contributed by atoms with Gasteiger partial charge in [0.15, 0.2) is 0 Å². The summed E-state index contributed by atoms with van der Waals surface area (Å²) in [6.45, 7) is 2.50. The third kappa shape index (κ3) is 3.52. The molecular formula is C17H20N2O4S. The van der Waals surface area contributed by atoms with Gasteiger partial charge in [-0.2, -0.15) is 0 Å². The van der Waals surface area contributed by atoms with Crippen molar-refractivity contribution in [3.05, 3.63) is 53.5 Å². The molecule has 0 radical (unpaired) electrons. The predicted molar refractivity (Wildman–Crippen MR) is 88.8 cm³/mol. The van der Waals surface area contributed by atoms with Gasteiger partial charge in [-0.25, -0.2) is 13.6 Å². The standard InChI is InChI=1S/C17H20N2O4S/c1-11-8-15(11)16-7-6-13(23-16)10-19(2)17(20)12-4-3-5-14(9-12)24(18,21)22/h3-7,9,11,15H,8,10H2,1-2H3,(H2,18,21,22)/t11-,15+/m0/s1. The van der Waals surface area contributed by atoms with Gasteiger partial charge < -0.3 is 9.32 Å². The van der Waals surface area contributed by atoms with Crippen molar-refractivity contribution >= 4 is 15.9 Å². The molecule has 3 rings (SSSR count). The smallest absolute Gasteiger partial charge is 0.254 e. The maximum absolute atomic E-state index is 12.5. The monoisotopic (exact) mass is 348 g/mol. The van der Waals surface area contributed by atoms with E-state index in [0.717, 1.165) is 12.2 Å². The SMILES string of the molecule is C[C@H]1C[C@H]1c1ccc(CN(C)C(=O)c2cccc(S(N)(=O)=O)c2)o1. The lowest BCUT2D eigenvalue weighted by atomic mass is 10.2. The zero-order valence-corrected chi connectivity index (χ0v) is 14.4. The van der Waals surface area contributed by atoms with Gasteiger partial charge in [-0.05, 0) is 42.7 Å². The molecule has 0 spiro atoms. The summed E-state index contributed by atoms with van der Waals surface area (Å²) in [5.74, 6) is 2.53. The molecule has 128 valence electrons.